The highest BCUT2D eigenvalue weighted by Gasteiger charge is 2.35. The minimum absolute atomic E-state index is 0.00332. The molecule has 5 rings (SSSR count). The van der Waals surface area contributed by atoms with Gasteiger partial charge in [-0.1, -0.05) is 11.6 Å². The summed E-state index contributed by atoms with van der Waals surface area (Å²) in [6.45, 7) is 0.544. The van der Waals surface area contributed by atoms with Gasteiger partial charge in [0.25, 0.3) is 0 Å². The molecule has 2 N–H and O–H groups in total. The summed E-state index contributed by atoms with van der Waals surface area (Å²) in [7, 11) is 2.69. The molecule has 0 saturated carbocycles. The van der Waals surface area contributed by atoms with Crippen molar-refractivity contribution in [2.75, 3.05) is 38.0 Å². The zero-order valence-electron chi connectivity index (χ0n) is 20.2. The lowest BCUT2D eigenvalue weighted by atomic mass is 10.1. The minimum atomic E-state index is -4.75. The average Bonchev–Trinajstić information content (AvgIpc) is 3.37. The lowest BCUT2D eigenvalue weighted by molar-refractivity contribution is -0.141. The fourth-order valence-corrected chi connectivity index (χ4v) is 4.10. The number of methoxy groups -OCH3 is 2. The molecule has 0 aliphatic rings. The molecule has 0 fully saturated rings. The van der Waals surface area contributed by atoms with E-state index in [2.05, 4.69) is 30.7 Å². The standard InChI is InChI=1S/C24H18ClF4N7O3/c1-38-6-5-30-20-13(22(37)39-2)8-12-14-10-31-23(32-11-3-4-16(26)15(25)7-11)34-21(14)36-17(19(12)33-20)9-18(35-36)24(27,28)29/h3-4,7-10H,5-6H2,1-2H3,(H,30,33)(H,31,32,34). The van der Waals surface area contributed by atoms with E-state index in [-0.39, 0.29) is 57.6 Å². The van der Waals surface area contributed by atoms with Gasteiger partial charge in [0.1, 0.15) is 17.2 Å². The van der Waals surface area contributed by atoms with Gasteiger partial charge in [0.2, 0.25) is 5.95 Å². The molecule has 0 bridgehead atoms. The number of carbonyl (C=O) groups excluding carboxylic acids is 1. The maximum absolute atomic E-state index is 13.7. The van der Waals surface area contributed by atoms with E-state index in [0.29, 0.717) is 11.1 Å². The van der Waals surface area contributed by atoms with Gasteiger partial charge >= 0.3 is 12.1 Å². The zero-order chi connectivity index (χ0) is 27.9. The smallest absolute Gasteiger partial charge is 0.435 e. The van der Waals surface area contributed by atoms with Crippen molar-refractivity contribution in [2.24, 2.45) is 0 Å². The van der Waals surface area contributed by atoms with Gasteiger partial charge < -0.3 is 20.1 Å². The Morgan fingerprint density at radius 2 is 1.92 bits per heavy atom. The Hall–Kier alpha value is -4.30. The van der Waals surface area contributed by atoms with E-state index >= 15 is 0 Å². The molecule has 0 radical (unpaired) electrons. The van der Waals surface area contributed by atoms with Crippen LogP contribution in [0.2, 0.25) is 5.02 Å². The summed E-state index contributed by atoms with van der Waals surface area (Å²) in [5.41, 5.74) is -0.668. The van der Waals surface area contributed by atoms with E-state index in [1.165, 1.54) is 38.6 Å². The predicted molar refractivity (Wildman–Crippen MR) is 135 cm³/mol. The van der Waals surface area contributed by atoms with E-state index in [1.807, 2.05) is 0 Å². The summed E-state index contributed by atoms with van der Waals surface area (Å²) < 4.78 is 65.5. The summed E-state index contributed by atoms with van der Waals surface area (Å²) in [5, 5.41) is 9.94. The molecule has 0 spiro atoms. The van der Waals surface area contributed by atoms with Crippen LogP contribution >= 0.6 is 11.6 Å². The van der Waals surface area contributed by atoms with E-state index in [1.54, 1.807) is 0 Å². The zero-order valence-corrected chi connectivity index (χ0v) is 21.0. The van der Waals surface area contributed by atoms with Crippen molar-refractivity contribution < 1.29 is 31.8 Å². The van der Waals surface area contributed by atoms with Gasteiger partial charge in [-0.25, -0.2) is 23.7 Å². The topological polar surface area (TPSA) is 116 Å². The average molecular weight is 564 g/mol. The molecule has 1 aromatic carbocycles. The van der Waals surface area contributed by atoms with Crippen LogP contribution in [-0.4, -0.2) is 57.9 Å². The summed E-state index contributed by atoms with van der Waals surface area (Å²) >= 11 is 5.84. The first-order valence-corrected chi connectivity index (χ1v) is 11.6. The second kappa shape index (κ2) is 10.1. The molecular formula is C24H18ClF4N7O3. The van der Waals surface area contributed by atoms with Gasteiger partial charge in [-0.05, 0) is 30.3 Å². The number of hydrogen-bond acceptors (Lipinski definition) is 9. The number of anilines is 3. The van der Waals surface area contributed by atoms with Gasteiger partial charge in [0, 0.05) is 36.3 Å². The molecular weight excluding hydrogens is 546 g/mol. The number of fused-ring (bicyclic) bond motifs is 6. The molecule has 0 aliphatic heterocycles. The third kappa shape index (κ3) is 4.95. The lowest BCUT2D eigenvalue weighted by Crippen LogP contribution is -2.14. The predicted octanol–water partition coefficient (Wildman–Crippen LogP) is 5.23. The number of carbonyl (C=O) groups is 1. The monoisotopic (exact) mass is 563 g/mol. The number of esters is 1. The highest BCUT2D eigenvalue weighted by atomic mass is 35.5. The van der Waals surface area contributed by atoms with Crippen LogP contribution in [0.25, 0.3) is 27.5 Å². The highest BCUT2D eigenvalue weighted by molar-refractivity contribution is 6.31. The van der Waals surface area contributed by atoms with E-state index in [9.17, 15) is 22.4 Å². The Morgan fingerprint density at radius 3 is 2.62 bits per heavy atom. The Balaban J connectivity index is 1.77. The lowest BCUT2D eigenvalue weighted by Gasteiger charge is -2.14. The third-order valence-corrected chi connectivity index (χ3v) is 5.99. The second-order valence-corrected chi connectivity index (χ2v) is 8.61. The van der Waals surface area contributed by atoms with E-state index in [0.717, 1.165) is 16.6 Å². The number of ether oxygens (including phenoxy) is 2. The highest BCUT2D eigenvalue weighted by Crippen LogP contribution is 2.35. The molecule has 10 nitrogen and oxygen atoms in total. The van der Waals surface area contributed by atoms with E-state index in [4.69, 9.17) is 21.1 Å². The quantitative estimate of drug-likeness (QED) is 0.119. The molecule has 202 valence electrons. The normalized spacial score (nSPS) is 11.9. The van der Waals surface area contributed by atoms with Crippen molar-refractivity contribution in [1.82, 2.24) is 24.6 Å². The van der Waals surface area contributed by atoms with Crippen molar-refractivity contribution >= 4 is 62.5 Å². The number of hydrogen-bond donors (Lipinski definition) is 2. The maximum Gasteiger partial charge on any atom is 0.435 e. The van der Waals surface area contributed by atoms with Crippen LogP contribution < -0.4 is 10.6 Å². The van der Waals surface area contributed by atoms with Crippen molar-refractivity contribution in [3.8, 4) is 0 Å². The second-order valence-electron chi connectivity index (χ2n) is 8.20. The molecule has 0 atom stereocenters. The molecule has 4 aromatic heterocycles. The van der Waals surface area contributed by atoms with Crippen molar-refractivity contribution in [2.45, 2.75) is 6.18 Å². The number of nitrogens with zero attached hydrogens (tertiary/aromatic N) is 5. The Labute approximate surface area is 221 Å². The fraction of sp³-hybridized carbons (Fsp3) is 0.208. The first-order valence-electron chi connectivity index (χ1n) is 11.2. The van der Waals surface area contributed by atoms with Gasteiger partial charge in [0.05, 0.1) is 29.8 Å². The first-order chi connectivity index (χ1) is 18.6. The van der Waals surface area contributed by atoms with Crippen molar-refractivity contribution in [1.29, 1.82) is 0 Å². The Kier molecular flexibility index (Phi) is 6.82. The molecule has 0 aliphatic carbocycles. The molecule has 0 amide bonds. The van der Waals surface area contributed by atoms with Crippen LogP contribution in [0.15, 0.2) is 36.5 Å². The Bertz CT molecular complexity index is 1740. The van der Waals surface area contributed by atoms with Gasteiger partial charge in [-0.15, -0.1) is 0 Å². The van der Waals surface area contributed by atoms with Crippen LogP contribution in [0, 0.1) is 5.82 Å². The summed E-state index contributed by atoms with van der Waals surface area (Å²) in [6.07, 6.45) is -3.40. The number of alkyl halides is 3. The number of halogens is 5. The third-order valence-electron chi connectivity index (χ3n) is 5.70. The number of rotatable bonds is 7. The van der Waals surface area contributed by atoms with Crippen LogP contribution in [0.4, 0.5) is 35.0 Å². The Morgan fingerprint density at radius 1 is 1.13 bits per heavy atom. The summed E-state index contributed by atoms with van der Waals surface area (Å²) in [6, 6.07) is 6.13. The number of benzene rings is 1. The minimum Gasteiger partial charge on any atom is -0.465 e. The number of pyridine rings is 2. The molecule has 15 heteroatoms. The number of aromatic nitrogens is 5. The molecule has 5 aromatic rings. The summed E-state index contributed by atoms with van der Waals surface area (Å²) in [4.78, 5) is 25.7. The van der Waals surface area contributed by atoms with Crippen LogP contribution in [-0.2, 0) is 15.7 Å². The number of nitrogens with one attached hydrogen (secondary N) is 2. The SMILES string of the molecule is COCCNc1nc2c(cc1C(=O)OC)c1cnc(Nc3ccc(F)c(Cl)c3)nc1n1nc(C(F)(F)F)cc21. The fourth-order valence-electron chi connectivity index (χ4n) is 3.92. The maximum atomic E-state index is 13.7. The van der Waals surface area contributed by atoms with Gasteiger partial charge in [0.15, 0.2) is 11.3 Å². The van der Waals surface area contributed by atoms with Crippen LogP contribution in [0.3, 0.4) is 0 Å². The van der Waals surface area contributed by atoms with Crippen LogP contribution in [0.1, 0.15) is 16.1 Å². The molecule has 0 saturated heterocycles. The van der Waals surface area contributed by atoms with Gasteiger partial charge in [-0.3, -0.25) is 0 Å². The van der Waals surface area contributed by atoms with Crippen LogP contribution in [0.5, 0.6) is 0 Å². The van der Waals surface area contributed by atoms with E-state index < -0.39 is 23.7 Å². The summed E-state index contributed by atoms with van der Waals surface area (Å²) in [5.74, 6) is -1.27. The first kappa shape index (κ1) is 26.3. The molecule has 39 heavy (non-hydrogen) atoms. The molecule has 0 unspecified atom stereocenters. The molecule has 4 heterocycles. The van der Waals surface area contributed by atoms with Gasteiger partial charge in [-0.2, -0.15) is 23.3 Å². The largest absolute Gasteiger partial charge is 0.465 e. The van der Waals surface area contributed by atoms with Crippen molar-refractivity contribution in [3.05, 3.63) is 58.6 Å². The van der Waals surface area contributed by atoms with Crippen molar-refractivity contribution in [3.63, 3.8) is 0 Å².